The van der Waals surface area contributed by atoms with Crippen LogP contribution in [-0.4, -0.2) is 58.6 Å². The van der Waals surface area contributed by atoms with Gasteiger partial charge in [0.2, 0.25) is 5.60 Å². The van der Waals surface area contributed by atoms with Crippen LogP contribution < -0.4 is 0 Å². The summed E-state index contributed by atoms with van der Waals surface area (Å²) in [6.45, 7) is 17.7. The first-order valence-electron chi connectivity index (χ1n) is 15.2. The molecule has 0 aromatic rings. The summed E-state index contributed by atoms with van der Waals surface area (Å²) in [7, 11) is 0. The number of rotatable bonds is 2. The van der Waals surface area contributed by atoms with Crippen molar-refractivity contribution < 1.29 is 38.4 Å². The van der Waals surface area contributed by atoms with Crippen LogP contribution in [0, 0.1) is 45.3 Å². The second-order valence-corrected chi connectivity index (χ2v) is 16.0. The molecule has 1 N–H and O–H groups in total. The summed E-state index contributed by atoms with van der Waals surface area (Å²) in [6.07, 6.45) is 3.42. The molecule has 7 rings (SSSR count). The first kappa shape index (κ1) is 27.8. The van der Waals surface area contributed by atoms with Gasteiger partial charge in [0, 0.05) is 11.3 Å². The molecular formula is C33H44O8. The Kier molecular flexibility index (Phi) is 5.11. The van der Waals surface area contributed by atoms with E-state index in [1.165, 1.54) is 0 Å². The van der Waals surface area contributed by atoms with Gasteiger partial charge in [-0.2, -0.15) is 0 Å². The first-order valence-corrected chi connectivity index (χ1v) is 15.2. The summed E-state index contributed by atoms with van der Waals surface area (Å²) in [5.74, 6) is -2.26. The van der Waals surface area contributed by atoms with Crippen LogP contribution in [0.4, 0.5) is 0 Å². The van der Waals surface area contributed by atoms with E-state index in [4.69, 9.17) is 18.9 Å². The normalized spacial score (nSPS) is 51.3. The average molecular weight is 569 g/mol. The van der Waals surface area contributed by atoms with Gasteiger partial charge in [-0.1, -0.05) is 46.8 Å². The van der Waals surface area contributed by atoms with E-state index in [9.17, 15) is 19.5 Å². The summed E-state index contributed by atoms with van der Waals surface area (Å²) in [6, 6.07) is 0. The lowest BCUT2D eigenvalue weighted by molar-refractivity contribution is -0.305. The summed E-state index contributed by atoms with van der Waals surface area (Å²) in [5.41, 5.74) is -4.96. The van der Waals surface area contributed by atoms with Gasteiger partial charge in [-0.25, -0.2) is 4.79 Å². The lowest BCUT2D eigenvalue weighted by Crippen LogP contribution is -2.68. The van der Waals surface area contributed by atoms with Gasteiger partial charge in [0.05, 0.1) is 17.4 Å². The first-order chi connectivity index (χ1) is 18.8. The molecule has 5 aliphatic carbocycles. The van der Waals surface area contributed by atoms with E-state index in [1.807, 2.05) is 46.8 Å². The number of esters is 2. The standard InChI is InChI=1S/C33H44O8/c1-16-14-31-17(2)12-20-21(27(20,3)4)19(22(31)34)13-18-15-38-29(7,8)40-24(18)33(31,37)23(16)39-26(36)32-11-10-30(9,25(35)41-32)28(32,5)6/h13-14,17,19-21,23-24,37H,10-12,15H2,1-9H3/t17-,19+,20-,21+,23+,24?,30?,31+,32?,33-/m1/s1. The molecule has 41 heavy (non-hydrogen) atoms. The third-order valence-corrected chi connectivity index (χ3v) is 13.3. The molecule has 10 atom stereocenters. The van der Waals surface area contributed by atoms with Crippen molar-refractivity contribution in [3.05, 3.63) is 23.3 Å². The molecule has 7 aliphatic rings. The number of carbonyl (C=O) groups is 3. The van der Waals surface area contributed by atoms with Crippen molar-refractivity contribution >= 4 is 17.7 Å². The predicted molar refractivity (Wildman–Crippen MR) is 147 cm³/mol. The van der Waals surface area contributed by atoms with Crippen molar-refractivity contribution in [1.29, 1.82) is 0 Å². The van der Waals surface area contributed by atoms with Crippen molar-refractivity contribution in [3.8, 4) is 0 Å². The molecule has 3 unspecified atom stereocenters. The molecule has 0 aromatic carbocycles. The molecule has 2 aliphatic heterocycles. The molecule has 0 aromatic heterocycles. The van der Waals surface area contributed by atoms with E-state index in [0.717, 1.165) is 6.42 Å². The molecular weight excluding hydrogens is 524 g/mol. The minimum Gasteiger partial charge on any atom is -0.452 e. The summed E-state index contributed by atoms with van der Waals surface area (Å²) in [4.78, 5) is 42.1. The zero-order valence-corrected chi connectivity index (χ0v) is 25.8. The number of Topliss-reactive ketones (excluding diaryl/α,β-unsaturated/α-hetero) is 1. The zero-order chi connectivity index (χ0) is 29.9. The summed E-state index contributed by atoms with van der Waals surface area (Å²) < 4.78 is 24.8. The van der Waals surface area contributed by atoms with E-state index in [-0.39, 0.29) is 29.6 Å². The van der Waals surface area contributed by atoms with E-state index >= 15 is 0 Å². The maximum absolute atomic E-state index is 14.9. The number of ketones is 1. The van der Waals surface area contributed by atoms with Crippen molar-refractivity contribution in [2.45, 2.75) is 111 Å². The Morgan fingerprint density at radius 1 is 1.07 bits per heavy atom. The van der Waals surface area contributed by atoms with Crippen LogP contribution in [-0.2, 0) is 33.3 Å². The van der Waals surface area contributed by atoms with Crippen LogP contribution in [0.15, 0.2) is 23.3 Å². The molecule has 224 valence electrons. The van der Waals surface area contributed by atoms with Crippen molar-refractivity contribution in [3.63, 3.8) is 0 Å². The highest BCUT2D eigenvalue weighted by atomic mass is 16.7. The highest BCUT2D eigenvalue weighted by Gasteiger charge is 2.80. The van der Waals surface area contributed by atoms with E-state index in [0.29, 0.717) is 29.9 Å². The van der Waals surface area contributed by atoms with Gasteiger partial charge in [0.15, 0.2) is 23.3 Å². The molecule has 2 saturated heterocycles. The SMILES string of the molecule is CC1=C[C@]23C(=O)[C@@H](C=C4COC(C)(C)OC4[C@]2(O)[C@H]1OC(=O)C12CCC(C)(C(=O)O1)C2(C)C)[C@H]1[C@@H](C[C@H]3C)C1(C)C. The Bertz CT molecular complexity index is 1350. The number of allylic oxidation sites excluding steroid dienone is 1. The van der Waals surface area contributed by atoms with E-state index < -0.39 is 63.3 Å². The van der Waals surface area contributed by atoms with E-state index in [1.54, 1.807) is 13.8 Å². The van der Waals surface area contributed by atoms with Gasteiger partial charge < -0.3 is 24.1 Å². The Morgan fingerprint density at radius 2 is 1.76 bits per heavy atom. The maximum Gasteiger partial charge on any atom is 0.351 e. The number of aliphatic hydroxyl groups is 1. The van der Waals surface area contributed by atoms with Crippen LogP contribution in [0.2, 0.25) is 0 Å². The van der Waals surface area contributed by atoms with Gasteiger partial charge in [0.25, 0.3) is 0 Å². The van der Waals surface area contributed by atoms with Gasteiger partial charge in [-0.05, 0) is 81.3 Å². The van der Waals surface area contributed by atoms with Crippen molar-refractivity contribution in [2.24, 2.45) is 45.3 Å². The Balaban J connectivity index is 1.37. The molecule has 4 bridgehead atoms. The topological polar surface area (TPSA) is 108 Å². The number of hydrogen-bond acceptors (Lipinski definition) is 8. The average Bonchev–Trinajstić information content (AvgIpc) is 3.21. The van der Waals surface area contributed by atoms with E-state index in [2.05, 4.69) is 13.8 Å². The van der Waals surface area contributed by atoms with Gasteiger partial charge in [-0.15, -0.1) is 0 Å². The van der Waals surface area contributed by atoms with Gasteiger partial charge in [0.1, 0.15) is 6.10 Å². The van der Waals surface area contributed by atoms with Gasteiger partial charge in [-0.3, -0.25) is 9.59 Å². The highest BCUT2D eigenvalue weighted by Crippen LogP contribution is 2.72. The second-order valence-electron chi connectivity index (χ2n) is 16.0. The molecule has 8 heteroatoms. The summed E-state index contributed by atoms with van der Waals surface area (Å²) in [5, 5.41) is 13.3. The molecule has 8 nitrogen and oxygen atoms in total. The fraction of sp³-hybridized carbons (Fsp3) is 0.788. The van der Waals surface area contributed by atoms with Crippen LogP contribution >= 0.6 is 0 Å². The van der Waals surface area contributed by atoms with Crippen LogP contribution in [0.1, 0.15) is 81.6 Å². The molecule has 2 heterocycles. The third-order valence-electron chi connectivity index (χ3n) is 13.3. The van der Waals surface area contributed by atoms with Crippen molar-refractivity contribution in [2.75, 3.05) is 6.61 Å². The van der Waals surface area contributed by atoms with Crippen molar-refractivity contribution in [1.82, 2.24) is 0 Å². The monoisotopic (exact) mass is 568 g/mol. The third kappa shape index (κ3) is 2.86. The summed E-state index contributed by atoms with van der Waals surface area (Å²) >= 11 is 0. The molecule has 1 spiro atoms. The number of hydrogen-bond donors (Lipinski definition) is 1. The quantitative estimate of drug-likeness (QED) is 0.388. The molecule has 5 fully saturated rings. The molecule has 3 saturated carbocycles. The Labute approximate surface area is 242 Å². The number of ether oxygens (including phenoxy) is 4. The fourth-order valence-corrected chi connectivity index (χ4v) is 10.2. The minimum absolute atomic E-state index is 0.0102. The van der Waals surface area contributed by atoms with Gasteiger partial charge >= 0.3 is 11.9 Å². The second kappa shape index (κ2) is 7.54. The largest absolute Gasteiger partial charge is 0.452 e. The number of fused-ring (bicyclic) bond motifs is 7. The number of carbonyl (C=O) groups excluding carboxylic acids is 3. The lowest BCUT2D eigenvalue weighted by atomic mass is 9.58. The smallest absolute Gasteiger partial charge is 0.351 e. The minimum atomic E-state index is -1.91. The van der Waals surface area contributed by atoms with Crippen LogP contribution in [0.25, 0.3) is 0 Å². The molecule has 0 radical (unpaired) electrons. The Morgan fingerprint density at radius 3 is 2.37 bits per heavy atom. The van der Waals surface area contributed by atoms with Crippen LogP contribution in [0.3, 0.4) is 0 Å². The predicted octanol–water partition coefficient (Wildman–Crippen LogP) is 4.29. The Hall–Kier alpha value is -2.03. The zero-order valence-electron chi connectivity index (χ0n) is 25.8. The maximum atomic E-state index is 14.9. The van der Waals surface area contributed by atoms with Crippen LogP contribution in [0.5, 0.6) is 0 Å². The fourth-order valence-electron chi connectivity index (χ4n) is 10.2. The molecule has 0 amide bonds. The lowest BCUT2D eigenvalue weighted by Gasteiger charge is -2.53. The highest BCUT2D eigenvalue weighted by molar-refractivity contribution is 5.96.